The molecule has 0 N–H and O–H groups in total. The lowest BCUT2D eigenvalue weighted by Gasteiger charge is -2.12. The first-order valence-corrected chi connectivity index (χ1v) is 4.97. The third-order valence-electron chi connectivity index (χ3n) is 2.33. The van der Waals surface area contributed by atoms with E-state index in [-0.39, 0.29) is 0 Å². The average molecular weight is 186 g/mol. The Balaban J connectivity index is 1.99. The van der Waals surface area contributed by atoms with Crippen LogP contribution in [0, 0.1) is 5.92 Å². The Kier molecular flexibility index (Phi) is 3.02. The van der Waals surface area contributed by atoms with Crippen LogP contribution in [0.5, 0.6) is 0 Å². The average Bonchev–Trinajstić information content (AvgIpc) is 2.29. The van der Waals surface area contributed by atoms with Crippen molar-refractivity contribution in [2.45, 2.75) is 6.42 Å². The fourth-order valence-electron chi connectivity index (χ4n) is 1.48. The van der Waals surface area contributed by atoms with Crippen molar-refractivity contribution in [3.8, 4) is 0 Å². The summed E-state index contributed by atoms with van der Waals surface area (Å²) in [6, 6.07) is 10.4. The van der Waals surface area contributed by atoms with E-state index in [4.69, 9.17) is 4.74 Å². The van der Waals surface area contributed by atoms with E-state index in [1.165, 1.54) is 5.56 Å². The van der Waals surface area contributed by atoms with E-state index in [0.29, 0.717) is 5.92 Å². The Labute approximate surface area is 84.7 Å². The summed E-state index contributed by atoms with van der Waals surface area (Å²) in [4.78, 5) is 0. The quantitative estimate of drug-likeness (QED) is 0.689. The number of hydrogen-bond acceptors (Lipinski definition) is 1. The first-order chi connectivity index (χ1) is 6.95. The van der Waals surface area contributed by atoms with Crippen molar-refractivity contribution >= 4 is 6.08 Å². The molecule has 0 fully saturated rings. The molecule has 2 rings (SSSR count). The highest BCUT2D eigenvalue weighted by Crippen LogP contribution is 2.14. The summed E-state index contributed by atoms with van der Waals surface area (Å²) >= 11 is 0. The smallest absolute Gasteiger partial charge is 0.0881 e. The molecule has 0 unspecified atom stereocenters. The minimum Gasteiger partial charge on any atom is -0.501 e. The summed E-state index contributed by atoms with van der Waals surface area (Å²) in [7, 11) is 0. The van der Waals surface area contributed by atoms with Crippen LogP contribution in [-0.4, -0.2) is 6.61 Å². The van der Waals surface area contributed by atoms with Crippen LogP contribution in [0.15, 0.2) is 48.7 Å². The third-order valence-corrected chi connectivity index (χ3v) is 2.33. The van der Waals surface area contributed by atoms with Gasteiger partial charge in [0.1, 0.15) is 0 Å². The van der Waals surface area contributed by atoms with E-state index in [0.717, 1.165) is 13.0 Å². The molecule has 1 heteroatoms. The number of rotatable bonds is 2. The van der Waals surface area contributed by atoms with Gasteiger partial charge in [0.05, 0.1) is 12.9 Å². The highest BCUT2D eigenvalue weighted by Gasteiger charge is 2.03. The van der Waals surface area contributed by atoms with Crippen LogP contribution in [0.25, 0.3) is 6.08 Å². The summed E-state index contributed by atoms with van der Waals surface area (Å²) in [5.41, 5.74) is 1.26. The van der Waals surface area contributed by atoms with Crippen LogP contribution < -0.4 is 0 Å². The Bertz CT molecular complexity index is 324. The molecule has 0 radical (unpaired) electrons. The van der Waals surface area contributed by atoms with Crippen LogP contribution in [-0.2, 0) is 4.74 Å². The topological polar surface area (TPSA) is 9.23 Å². The van der Waals surface area contributed by atoms with E-state index in [2.05, 4.69) is 42.5 Å². The van der Waals surface area contributed by atoms with Gasteiger partial charge in [0.2, 0.25) is 0 Å². The Morgan fingerprint density at radius 2 is 2.07 bits per heavy atom. The highest BCUT2D eigenvalue weighted by atomic mass is 16.5. The molecule has 0 spiro atoms. The number of allylic oxidation sites excluding steroid dienone is 2. The van der Waals surface area contributed by atoms with Crippen LogP contribution in [0.3, 0.4) is 0 Å². The van der Waals surface area contributed by atoms with E-state index >= 15 is 0 Å². The van der Waals surface area contributed by atoms with Crippen molar-refractivity contribution in [2.75, 3.05) is 6.61 Å². The Morgan fingerprint density at radius 1 is 1.21 bits per heavy atom. The van der Waals surface area contributed by atoms with Gasteiger partial charge in [-0.15, -0.1) is 0 Å². The molecule has 14 heavy (non-hydrogen) atoms. The van der Waals surface area contributed by atoms with Gasteiger partial charge in [-0.3, -0.25) is 0 Å². The van der Waals surface area contributed by atoms with Crippen molar-refractivity contribution in [3.05, 3.63) is 54.3 Å². The molecule has 1 aromatic rings. The zero-order valence-corrected chi connectivity index (χ0v) is 8.10. The lowest BCUT2D eigenvalue weighted by molar-refractivity contribution is 0.218. The molecule has 0 bridgehead atoms. The fourth-order valence-corrected chi connectivity index (χ4v) is 1.48. The molecular formula is C13H14O. The molecule has 0 saturated carbocycles. The maximum atomic E-state index is 5.14. The second kappa shape index (κ2) is 4.66. The molecule has 1 nitrogen and oxygen atoms in total. The van der Waals surface area contributed by atoms with Gasteiger partial charge < -0.3 is 4.74 Å². The lowest BCUT2D eigenvalue weighted by Crippen LogP contribution is -2.02. The van der Waals surface area contributed by atoms with E-state index < -0.39 is 0 Å². The first-order valence-electron chi connectivity index (χ1n) is 4.97. The van der Waals surface area contributed by atoms with Crippen LogP contribution in [0.2, 0.25) is 0 Å². The van der Waals surface area contributed by atoms with E-state index in [9.17, 15) is 0 Å². The number of benzene rings is 1. The molecule has 1 aliphatic heterocycles. The van der Waals surface area contributed by atoms with Gasteiger partial charge >= 0.3 is 0 Å². The third kappa shape index (κ3) is 2.49. The highest BCUT2D eigenvalue weighted by molar-refractivity contribution is 5.49. The molecule has 1 heterocycles. The number of hydrogen-bond donors (Lipinski definition) is 0. The van der Waals surface area contributed by atoms with Crippen LogP contribution in [0.1, 0.15) is 12.0 Å². The summed E-state index contributed by atoms with van der Waals surface area (Å²) in [5, 5.41) is 0. The second-order valence-corrected chi connectivity index (χ2v) is 3.42. The van der Waals surface area contributed by atoms with Crippen LogP contribution in [0.4, 0.5) is 0 Å². The SMILES string of the molecule is C1=C[C@@H](/C=C/c2ccccc2)CCO1. The predicted octanol–water partition coefficient (Wildman–Crippen LogP) is 3.25. The van der Waals surface area contributed by atoms with Crippen molar-refractivity contribution < 1.29 is 4.74 Å². The van der Waals surface area contributed by atoms with E-state index in [1.54, 1.807) is 6.26 Å². The summed E-state index contributed by atoms with van der Waals surface area (Å²) in [6.45, 7) is 0.834. The summed E-state index contributed by atoms with van der Waals surface area (Å²) in [6.07, 6.45) is 9.38. The minimum atomic E-state index is 0.531. The van der Waals surface area contributed by atoms with Crippen molar-refractivity contribution in [1.82, 2.24) is 0 Å². The Morgan fingerprint density at radius 3 is 2.79 bits per heavy atom. The van der Waals surface area contributed by atoms with Gasteiger partial charge in [0, 0.05) is 5.92 Å². The number of ether oxygens (including phenoxy) is 1. The monoisotopic (exact) mass is 186 g/mol. The largest absolute Gasteiger partial charge is 0.501 e. The minimum absolute atomic E-state index is 0.531. The van der Waals surface area contributed by atoms with Gasteiger partial charge in [0.25, 0.3) is 0 Å². The molecule has 0 aliphatic carbocycles. The maximum absolute atomic E-state index is 5.14. The Hall–Kier alpha value is -1.50. The van der Waals surface area contributed by atoms with Gasteiger partial charge in [-0.25, -0.2) is 0 Å². The molecule has 1 atom stereocenters. The zero-order valence-electron chi connectivity index (χ0n) is 8.10. The molecule has 0 aromatic heterocycles. The lowest BCUT2D eigenvalue weighted by atomic mass is 10.0. The van der Waals surface area contributed by atoms with Gasteiger partial charge in [0.15, 0.2) is 0 Å². The van der Waals surface area contributed by atoms with Crippen molar-refractivity contribution in [1.29, 1.82) is 0 Å². The second-order valence-electron chi connectivity index (χ2n) is 3.42. The van der Waals surface area contributed by atoms with Gasteiger partial charge in [-0.1, -0.05) is 42.5 Å². The standard InChI is InChI=1S/C13H14O/c1-2-4-12(5-3-1)6-7-13-8-10-14-11-9-13/h1-8,10,13H,9,11H2/b7-6+/t13-/m1/s1. The predicted molar refractivity (Wildman–Crippen MR) is 58.7 cm³/mol. The molecule has 1 aliphatic rings. The van der Waals surface area contributed by atoms with Crippen LogP contribution >= 0.6 is 0 Å². The zero-order chi connectivity index (χ0) is 9.64. The van der Waals surface area contributed by atoms with Gasteiger partial charge in [-0.05, 0) is 18.1 Å². The fraction of sp³-hybridized carbons (Fsp3) is 0.231. The molecule has 72 valence electrons. The van der Waals surface area contributed by atoms with Crippen molar-refractivity contribution in [2.24, 2.45) is 5.92 Å². The van der Waals surface area contributed by atoms with Gasteiger partial charge in [-0.2, -0.15) is 0 Å². The molecule has 0 saturated heterocycles. The molecule has 0 amide bonds. The summed E-state index contributed by atoms with van der Waals surface area (Å²) in [5.74, 6) is 0.531. The van der Waals surface area contributed by atoms with Crippen molar-refractivity contribution in [3.63, 3.8) is 0 Å². The first kappa shape index (κ1) is 9.07. The molecular weight excluding hydrogens is 172 g/mol. The van der Waals surface area contributed by atoms with E-state index in [1.807, 2.05) is 6.07 Å². The molecule has 1 aromatic carbocycles. The summed E-state index contributed by atoms with van der Waals surface area (Å²) < 4.78 is 5.14. The maximum Gasteiger partial charge on any atom is 0.0881 e. The normalized spacial score (nSPS) is 21.0.